The zero-order valence-electron chi connectivity index (χ0n) is 16.1. The summed E-state index contributed by atoms with van der Waals surface area (Å²) in [6.45, 7) is 0. The maximum Gasteiger partial charge on any atom is 0.270 e. The molecule has 1 aromatic heterocycles. The van der Waals surface area contributed by atoms with Crippen LogP contribution in [0, 0.1) is 21.4 Å². The molecule has 0 aliphatic heterocycles. The van der Waals surface area contributed by atoms with E-state index in [4.69, 9.17) is 4.42 Å². The van der Waals surface area contributed by atoms with Gasteiger partial charge in [0, 0.05) is 35.0 Å². The number of furan rings is 1. The molecular weight excluding hydrogens is 394 g/mol. The third-order valence-electron chi connectivity index (χ3n) is 4.64. The Morgan fingerprint density at radius 2 is 1.65 bits per heavy atom. The molecule has 0 unspecified atom stereocenters. The quantitative estimate of drug-likeness (QED) is 0.252. The highest BCUT2D eigenvalue weighted by molar-refractivity contribution is 5.91. The van der Waals surface area contributed by atoms with Gasteiger partial charge in [-0.05, 0) is 11.6 Å². The van der Waals surface area contributed by atoms with Gasteiger partial charge >= 0.3 is 0 Å². The maximum atomic E-state index is 11.0. The Kier molecular flexibility index (Phi) is 5.28. The normalized spacial score (nSPS) is 10.8. The molecule has 0 aliphatic rings. The van der Waals surface area contributed by atoms with Gasteiger partial charge in [0.15, 0.2) is 0 Å². The number of phenolic OH excluding ortho intramolecular Hbond substituents is 1. The third kappa shape index (κ3) is 3.91. The molecule has 150 valence electrons. The van der Waals surface area contributed by atoms with Crippen LogP contribution in [0.5, 0.6) is 5.75 Å². The van der Waals surface area contributed by atoms with Crippen LogP contribution in [0.4, 0.5) is 11.6 Å². The molecule has 4 rings (SSSR count). The molecule has 3 aromatic carbocycles. The van der Waals surface area contributed by atoms with Gasteiger partial charge in [-0.2, -0.15) is 5.26 Å². The van der Waals surface area contributed by atoms with Crippen LogP contribution in [-0.4, -0.2) is 16.2 Å². The molecule has 0 amide bonds. The number of benzene rings is 3. The molecule has 0 aliphatic carbocycles. The van der Waals surface area contributed by atoms with Crippen molar-refractivity contribution in [2.24, 2.45) is 4.99 Å². The summed E-state index contributed by atoms with van der Waals surface area (Å²) in [4.78, 5) is 14.7. The number of nitro benzene ring substituents is 1. The van der Waals surface area contributed by atoms with Crippen LogP contribution in [0.1, 0.15) is 11.1 Å². The van der Waals surface area contributed by atoms with Crippen molar-refractivity contribution in [3.63, 3.8) is 0 Å². The lowest BCUT2D eigenvalue weighted by Crippen LogP contribution is -1.90. The molecule has 0 atom stereocenters. The molecule has 0 radical (unpaired) electrons. The minimum atomic E-state index is -0.564. The van der Waals surface area contributed by atoms with Crippen molar-refractivity contribution in [3.8, 4) is 34.3 Å². The summed E-state index contributed by atoms with van der Waals surface area (Å²) in [5, 5.41) is 30.9. The van der Waals surface area contributed by atoms with E-state index in [1.54, 1.807) is 0 Å². The highest BCUT2D eigenvalue weighted by Crippen LogP contribution is 2.42. The Hall–Kier alpha value is -4.70. The monoisotopic (exact) mass is 409 g/mol. The topological polar surface area (TPSA) is 113 Å². The molecular formula is C24H15N3O4. The van der Waals surface area contributed by atoms with E-state index >= 15 is 0 Å². The fraction of sp³-hybridized carbons (Fsp3) is 0. The third-order valence-corrected chi connectivity index (χ3v) is 4.64. The summed E-state index contributed by atoms with van der Waals surface area (Å²) in [7, 11) is 0. The van der Waals surface area contributed by atoms with Crippen LogP contribution >= 0.6 is 0 Å². The van der Waals surface area contributed by atoms with E-state index in [9.17, 15) is 20.5 Å². The highest BCUT2D eigenvalue weighted by Gasteiger charge is 2.22. The standard InChI is InChI=1S/C24H15N3O4/c25-14-20-22(16-7-3-1-4-8-16)23(17-9-5-2-6-10-17)31-24(20)26-15-18-13-19(27(29)30)11-12-21(18)28/h1-13,15,28H. The number of hydrogen-bond donors (Lipinski definition) is 1. The molecule has 7 heteroatoms. The second kappa shape index (κ2) is 8.35. The van der Waals surface area contributed by atoms with Crippen molar-refractivity contribution in [1.29, 1.82) is 5.26 Å². The number of hydrogen-bond acceptors (Lipinski definition) is 6. The van der Waals surface area contributed by atoms with Crippen LogP contribution in [0.15, 0.2) is 88.3 Å². The average Bonchev–Trinajstić information content (AvgIpc) is 3.18. The number of nitriles is 1. The molecule has 1 N–H and O–H groups in total. The Bertz CT molecular complexity index is 1320. The molecule has 0 saturated carbocycles. The molecule has 0 saturated heterocycles. The van der Waals surface area contributed by atoms with Gasteiger partial charge < -0.3 is 9.52 Å². The largest absolute Gasteiger partial charge is 0.507 e. The second-order valence-corrected chi connectivity index (χ2v) is 6.59. The number of non-ortho nitro benzene ring substituents is 1. The summed E-state index contributed by atoms with van der Waals surface area (Å²) in [6, 6.07) is 24.5. The maximum absolute atomic E-state index is 11.0. The minimum absolute atomic E-state index is 0.0473. The first-order chi connectivity index (χ1) is 15.1. The summed E-state index contributed by atoms with van der Waals surface area (Å²) < 4.78 is 5.98. The van der Waals surface area contributed by atoms with Crippen LogP contribution in [0.3, 0.4) is 0 Å². The first-order valence-electron chi connectivity index (χ1n) is 9.27. The van der Waals surface area contributed by atoms with Gasteiger partial charge in [0.2, 0.25) is 5.88 Å². The van der Waals surface area contributed by atoms with Crippen LogP contribution in [-0.2, 0) is 0 Å². The fourth-order valence-electron chi connectivity index (χ4n) is 3.17. The van der Waals surface area contributed by atoms with Crippen LogP contribution in [0.25, 0.3) is 22.5 Å². The second-order valence-electron chi connectivity index (χ2n) is 6.59. The Morgan fingerprint density at radius 1 is 1.00 bits per heavy atom. The smallest absolute Gasteiger partial charge is 0.270 e. The molecule has 0 bridgehead atoms. The van der Waals surface area contributed by atoms with Gasteiger partial charge in [-0.25, -0.2) is 4.99 Å². The van der Waals surface area contributed by atoms with E-state index in [1.807, 2.05) is 60.7 Å². The van der Waals surface area contributed by atoms with E-state index in [1.165, 1.54) is 24.4 Å². The Labute approximate surface area is 177 Å². The summed E-state index contributed by atoms with van der Waals surface area (Å²) in [5.74, 6) is 0.357. The van der Waals surface area contributed by atoms with Gasteiger partial charge in [0.1, 0.15) is 23.1 Å². The number of nitrogens with zero attached hydrogens (tertiary/aromatic N) is 3. The van der Waals surface area contributed by atoms with E-state index < -0.39 is 4.92 Å². The van der Waals surface area contributed by atoms with Gasteiger partial charge in [-0.1, -0.05) is 60.7 Å². The fourth-order valence-corrected chi connectivity index (χ4v) is 3.17. The number of aliphatic imine (C=N–C) groups is 1. The lowest BCUT2D eigenvalue weighted by molar-refractivity contribution is -0.384. The van der Waals surface area contributed by atoms with Gasteiger partial charge in [-0.15, -0.1) is 0 Å². The predicted octanol–water partition coefficient (Wildman–Crippen LogP) is 5.85. The molecule has 7 nitrogen and oxygen atoms in total. The number of rotatable bonds is 5. The Balaban J connectivity index is 1.87. The van der Waals surface area contributed by atoms with E-state index in [2.05, 4.69) is 11.1 Å². The number of nitro groups is 1. The van der Waals surface area contributed by atoms with Gasteiger partial charge in [0.25, 0.3) is 5.69 Å². The predicted molar refractivity (Wildman–Crippen MR) is 116 cm³/mol. The Morgan fingerprint density at radius 3 is 2.26 bits per heavy atom. The van der Waals surface area contributed by atoms with Crippen molar-refractivity contribution in [2.75, 3.05) is 0 Å². The molecule has 0 spiro atoms. The first kappa shape index (κ1) is 19.6. The summed E-state index contributed by atoms with van der Waals surface area (Å²) in [6.07, 6.45) is 1.24. The minimum Gasteiger partial charge on any atom is -0.507 e. The van der Waals surface area contributed by atoms with Gasteiger partial charge in [0.05, 0.1) is 4.92 Å². The lowest BCUT2D eigenvalue weighted by atomic mass is 9.98. The zero-order valence-corrected chi connectivity index (χ0v) is 16.1. The van der Waals surface area contributed by atoms with Crippen LogP contribution in [0.2, 0.25) is 0 Å². The highest BCUT2D eigenvalue weighted by atomic mass is 16.6. The SMILES string of the molecule is N#Cc1c(N=Cc2cc([N+](=O)[O-])ccc2O)oc(-c2ccccc2)c1-c1ccccc1. The average molecular weight is 409 g/mol. The first-order valence-corrected chi connectivity index (χ1v) is 9.27. The summed E-state index contributed by atoms with van der Waals surface area (Å²) in [5.41, 5.74) is 2.35. The molecule has 1 heterocycles. The molecule has 0 fully saturated rings. The van der Waals surface area contributed by atoms with E-state index in [-0.39, 0.29) is 28.4 Å². The summed E-state index contributed by atoms with van der Waals surface area (Å²) >= 11 is 0. The van der Waals surface area contributed by atoms with Crippen molar-refractivity contribution in [2.45, 2.75) is 0 Å². The number of aromatic hydroxyl groups is 1. The number of phenols is 1. The van der Waals surface area contributed by atoms with Crippen molar-refractivity contribution < 1.29 is 14.4 Å². The van der Waals surface area contributed by atoms with Crippen LogP contribution < -0.4 is 0 Å². The van der Waals surface area contributed by atoms with Crippen molar-refractivity contribution in [1.82, 2.24) is 0 Å². The van der Waals surface area contributed by atoms with E-state index in [0.29, 0.717) is 11.3 Å². The van der Waals surface area contributed by atoms with Crippen molar-refractivity contribution >= 4 is 17.8 Å². The molecule has 4 aromatic rings. The molecule has 31 heavy (non-hydrogen) atoms. The van der Waals surface area contributed by atoms with Gasteiger partial charge in [-0.3, -0.25) is 10.1 Å². The lowest BCUT2D eigenvalue weighted by Gasteiger charge is -2.03. The van der Waals surface area contributed by atoms with Crippen molar-refractivity contribution in [3.05, 3.63) is 100 Å². The zero-order chi connectivity index (χ0) is 21.8. The van der Waals surface area contributed by atoms with E-state index in [0.717, 1.165) is 11.1 Å².